The van der Waals surface area contributed by atoms with Gasteiger partial charge in [0.25, 0.3) is 0 Å². The van der Waals surface area contributed by atoms with Crippen LogP contribution < -0.4 is 10.6 Å². The highest BCUT2D eigenvalue weighted by molar-refractivity contribution is 5.91. The molecule has 3 rings (SSSR count). The van der Waals surface area contributed by atoms with Gasteiger partial charge in [0.2, 0.25) is 5.95 Å². The predicted molar refractivity (Wildman–Crippen MR) is 92.0 cm³/mol. The molecule has 0 amide bonds. The minimum absolute atomic E-state index is 0.0743. The van der Waals surface area contributed by atoms with E-state index in [0.29, 0.717) is 18.1 Å². The van der Waals surface area contributed by atoms with Crippen LogP contribution in [0.25, 0.3) is 11.0 Å². The number of aliphatic hydroxyl groups is 1. The van der Waals surface area contributed by atoms with Crippen LogP contribution in [0.4, 0.5) is 11.8 Å². The Morgan fingerprint density at radius 2 is 1.83 bits per heavy atom. The monoisotopic (exact) mass is 316 g/mol. The molecule has 7 heteroatoms. The molecule has 7 nitrogen and oxygen atoms in total. The Morgan fingerprint density at radius 3 is 2.43 bits per heavy atom. The number of aromatic nitrogens is 3. The van der Waals surface area contributed by atoms with Gasteiger partial charge >= 0.3 is 0 Å². The molecule has 0 saturated carbocycles. The van der Waals surface area contributed by atoms with Crippen LogP contribution in [0.2, 0.25) is 0 Å². The van der Waals surface area contributed by atoms with Crippen molar-refractivity contribution in [1.29, 1.82) is 0 Å². The summed E-state index contributed by atoms with van der Waals surface area (Å²) in [7, 11) is 3.83. The van der Waals surface area contributed by atoms with Gasteiger partial charge in [-0.3, -0.25) is 0 Å². The van der Waals surface area contributed by atoms with Crippen molar-refractivity contribution < 1.29 is 5.11 Å². The Bertz CT molecular complexity index is 747. The Balaban J connectivity index is 2.04. The molecule has 2 aromatic heterocycles. The number of fused-ring (bicyclic) bond motifs is 1. The quantitative estimate of drug-likeness (QED) is 0.781. The number of aryl methyl sites for hydroxylation is 2. The van der Waals surface area contributed by atoms with Crippen molar-refractivity contribution in [2.45, 2.75) is 32.9 Å². The van der Waals surface area contributed by atoms with Gasteiger partial charge in [0.05, 0.1) is 17.5 Å². The zero-order valence-corrected chi connectivity index (χ0v) is 14.3. The van der Waals surface area contributed by atoms with Crippen LogP contribution in [-0.4, -0.2) is 64.3 Å². The van der Waals surface area contributed by atoms with E-state index in [-0.39, 0.29) is 6.04 Å². The Kier molecular flexibility index (Phi) is 4.08. The number of anilines is 2. The van der Waals surface area contributed by atoms with E-state index in [1.807, 2.05) is 21.0 Å². The third-order valence-electron chi connectivity index (χ3n) is 4.67. The first kappa shape index (κ1) is 15.9. The second-order valence-electron chi connectivity index (χ2n) is 6.33. The molecule has 0 unspecified atom stereocenters. The fourth-order valence-corrected chi connectivity index (χ4v) is 3.11. The van der Waals surface area contributed by atoms with Gasteiger partial charge in [-0.15, -0.1) is 0 Å². The highest BCUT2D eigenvalue weighted by atomic mass is 16.3. The average molecular weight is 316 g/mol. The summed E-state index contributed by atoms with van der Waals surface area (Å²) in [5.41, 5.74) is 3.95. The van der Waals surface area contributed by atoms with Crippen molar-refractivity contribution in [2.24, 2.45) is 0 Å². The van der Waals surface area contributed by atoms with Crippen molar-refractivity contribution in [3.63, 3.8) is 0 Å². The van der Waals surface area contributed by atoms with Crippen molar-refractivity contribution in [3.05, 3.63) is 16.8 Å². The molecule has 0 spiro atoms. The van der Waals surface area contributed by atoms with Crippen molar-refractivity contribution in [3.8, 4) is 0 Å². The summed E-state index contributed by atoms with van der Waals surface area (Å²) in [5.74, 6) is 1.25. The van der Waals surface area contributed by atoms with Crippen LogP contribution in [0, 0.1) is 20.8 Å². The second-order valence-corrected chi connectivity index (χ2v) is 6.33. The Hall–Kier alpha value is -1.99. The summed E-state index contributed by atoms with van der Waals surface area (Å²) in [5, 5.41) is 17.4. The van der Waals surface area contributed by atoms with Gasteiger partial charge in [0.15, 0.2) is 5.65 Å². The first-order valence-corrected chi connectivity index (χ1v) is 7.87. The van der Waals surface area contributed by atoms with Crippen LogP contribution in [0.3, 0.4) is 0 Å². The van der Waals surface area contributed by atoms with Crippen LogP contribution in [0.15, 0.2) is 0 Å². The number of pyridine rings is 1. The third-order valence-corrected chi connectivity index (χ3v) is 4.67. The molecule has 3 heterocycles. The van der Waals surface area contributed by atoms with Gasteiger partial charge in [0, 0.05) is 25.8 Å². The number of β-amino-alcohol motifs (C(OH)–C–C–N with tert-alkyl or cyclic N) is 1. The summed E-state index contributed by atoms with van der Waals surface area (Å²) in [6, 6.07) is -0.0743. The molecule has 124 valence electrons. The normalized spacial score (nSPS) is 21.8. The van der Waals surface area contributed by atoms with Gasteiger partial charge in [-0.25, -0.2) is 4.98 Å². The van der Waals surface area contributed by atoms with Crippen LogP contribution in [0.1, 0.15) is 16.8 Å². The third kappa shape index (κ3) is 2.82. The van der Waals surface area contributed by atoms with Crippen LogP contribution >= 0.6 is 0 Å². The lowest BCUT2D eigenvalue weighted by Crippen LogP contribution is -2.32. The maximum atomic E-state index is 10.1. The fraction of sp³-hybridized carbons (Fsp3) is 0.562. The zero-order valence-electron chi connectivity index (χ0n) is 14.3. The van der Waals surface area contributed by atoms with E-state index in [1.54, 1.807) is 0 Å². The molecule has 1 fully saturated rings. The summed E-state index contributed by atoms with van der Waals surface area (Å²) in [6.07, 6.45) is -0.424. The molecule has 0 aliphatic carbocycles. The molecule has 2 aromatic rings. The maximum Gasteiger partial charge on any atom is 0.227 e. The minimum Gasteiger partial charge on any atom is -0.390 e. The zero-order chi connectivity index (χ0) is 16.7. The topological polar surface area (TPSA) is 86.2 Å². The number of rotatable bonds is 3. The number of nitrogens with one attached hydrogen (secondary N) is 2. The number of aliphatic hydroxyl groups excluding tert-OH is 1. The maximum absolute atomic E-state index is 10.1. The van der Waals surface area contributed by atoms with E-state index >= 15 is 0 Å². The highest BCUT2D eigenvalue weighted by Crippen LogP contribution is 2.28. The van der Waals surface area contributed by atoms with Crippen molar-refractivity contribution in [1.82, 2.24) is 19.9 Å². The summed E-state index contributed by atoms with van der Waals surface area (Å²) < 4.78 is 0. The van der Waals surface area contributed by atoms with E-state index in [4.69, 9.17) is 0 Å². The molecule has 3 N–H and O–H groups in total. The lowest BCUT2D eigenvalue weighted by atomic mass is 10.1. The van der Waals surface area contributed by atoms with E-state index in [2.05, 4.69) is 44.3 Å². The van der Waals surface area contributed by atoms with Gasteiger partial charge in [-0.1, -0.05) is 0 Å². The molecular weight excluding hydrogens is 292 g/mol. The van der Waals surface area contributed by atoms with E-state index in [1.165, 1.54) is 0 Å². The van der Waals surface area contributed by atoms with Crippen LogP contribution in [0.5, 0.6) is 0 Å². The number of hydrogen-bond donors (Lipinski definition) is 3. The minimum atomic E-state index is -0.424. The van der Waals surface area contributed by atoms with Gasteiger partial charge in [-0.05, 0) is 38.9 Å². The number of hydrogen-bond acceptors (Lipinski definition) is 7. The summed E-state index contributed by atoms with van der Waals surface area (Å²) >= 11 is 0. The molecule has 0 aromatic carbocycles. The first-order valence-electron chi connectivity index (χ1n) is 7.87. The SMILES string of the molecule is CNc1nc(N[C@H]2CN(C)C[C@@H]2O)nc2nc(C)c(C)c(C)c12. The molecule has 2 atom stereocenters. The molecule has 0 radical (unpaired) electrons. The molecule has 23 heavy (non-hydrogen) atoms. The second kappa shape index (κ2) is 5.90. The average Bonchev–Trinajstić information content (AvgIpc) is 2.81. The number of nitrogens with zero attached hydrogens (tertiary/aromatic N) is 4. The molecule has 1 aliphatic rings. The first-order chi connectivity index (χ1) is 10.9. The predicted octanol–water partition coefficient (Wildman–Crippen LogP) is 1.08. The van der Waals surface area contributed by atoms with Crippen molar-refractivity contribution in [2.75, 3.05) is 37.8 Å². The standard InChI is InChI=1S/C16H24N6O/c1-8-9(2)13-14(17-4)20-16(21-15(13)18-10(8)3)19-11-6-22(5)7-12(11)23/h11-12,23H,6-7H2,1-5H3,(H2,17,18,19,20,21)/t11-,12-/m0/s1. The Labute approximate surface area is 136 Å². The van der Waals surface area contributed by atoms with E-state index in [9.17, 15) is 5.11 Å². The number of likely N-dealkylation sites (N-methyl/N-ethyl adjacent to an activating group) is 1. The lowest BCUT2D eigenvalue weighted by molar-refractivity contribution is 0.174. The van der Waals surface area contributed by atoms with Crippen LogP contribution in [-0.2, 0) is 0 Å². The Morgan fingerprint density at radius 1 is 1.09 bits per heavy atom. The molecule has 0 bridgehead atoms. The van der Waals surface area contributed by atoms with Gasteiger partial charge in [0.1, 0.15) is 5.82 Å². The van der Waals surface area contributed by atoms with Crippen molar-refractivity contribution >= 4 is 22.8 Å². The highest BCUT2D eigenvalue weighted by Gasteiger charge is 2.29. The van der Waals surface area contributed by atoms with Gasteiger partial charge in [-0.2, -0.15) is 9.97 Å². The lowest BCUT2D eigenvalue weighted by Gasteiger charge is -2.18. The summed E-state index contributed by atoms with van der Waals surface area (Å²) in [4.78, 5) is 15.8. The van der Waals surface area contributed by atoms with E-state index < -0.39 is 6.10 Å². The molecular formula is C16H24N6O. The summed E-state index contributed by atoms with van der Waals surface area (Å²) in [6.45, 7) is 7.54. The van der Waals surface area contributed by atoms with E-state index in [0.717, 1.165) is 34.6 Å². The molecule has 1 saturated heterocycles. The number of likely N-dealkylation sites (tertiary alicyclic amines) is 1. The largest absolute Gasteiger partial charge is 0.390 e. The molecule has 1 aliphatic heterocycles. The smallest absolute Gasteiger partial charge is 0.227 e. The van der Waals surface area contributed by atoms with Gasteiger partial charge < -0.3 is 20.6 Å². The fourth-order valence-electron chi connectivity index (χ4n) is 3.11.